The van der Waals surface area contributed by atoms with Gasteiger partial charge < -0.3 is 0 Å². The lowest BCUT2D eigenvalue weighted by atomic mass is 10.2. The highest BCUT2D eigenvalue weighted by atomic mass is 32.2. The minimum atomic E-state index is -5.42. The van der Waals surface area contributed by atoms with Gasteiger partial charge in [0.05, 0.1) is 0 Å². The van der Waals surface area contributed by atoms with E-state index in [0.717, 1.165) is 5.56 Å². The summed E-state index contributed by atoms with van der Waals surface area (Å²) in [6.07, 6.45) is 0. The summed E-state index contributed by atoms with van der Waals surface area (Å²) in [6.45, 7) is 0. The molecule has 0 heterocycles. The quantitative estimate of drug-likeness (QED) is 0.845. The summed E-state index contributed by atoms with van der Waals surface area (Å²) in [6, 6.07) is 14.4. The van der Waals surface area contributed by atoms with Crippen LogP contribution in [0, 0.1) is 23.7 Å². The predicted molar refractivity (Wildman–Crippen MR) is 85.2 cm³/mol. The van der Waals surface area contributed by atoms with Crippen molar-refractivity contribution in [2.24, 2.45) is 0 Å². The largest absolute Gasteiger partial charge is 0.516 e. The summed E-state index contributed by atoms with van der Waals surface area (Å²) in [5.41, 5.74) is -4.26. The zero-order chi connectivity index (χ0) is 17.6. The number of nitrogens with one attached hydrogen (secondary N) is 1. The molecule has 0 spiro atoms. The molecule has 0 amide bonds. The molecule has 0 aromatic heterocycles. The molecule has 1 N–H and O–H groups in total. The summed E-state index contributed by atoms with van der Waals surface area (Å²) in [5, 5.41) is 0. The number of benzene rings is 2. The minimum absolute atomic E-state index is 0.201. The van der Waals surface area contributed by atoms with Crippen molar-refractivity contribution in [1.82, 2.24) is 0 Å². The molecule has 0 bridgehead atoms. The Morgan fingerprint density at radius 3 is 1.79 bits per heavy atom. The Hall–Kier alpha value is -2.90. The Labute approximate surface area is 137 Å². The topological polar surface area (TPSA) is 46.2 Å². The zero-order valence-corrected chi connectivity index (χ0v) is 12.9. The molecule has 122 valence electrons. The second-order valence-corrected chi connectivity index (χ2v) is 6.17. The van der Waals surface area contributed by atoms with E-state index in [9.17, 15) is 21.6 Å². The van der Waals surface area contributed by atoms with Gasteiger partial charge in [0.1, 0.15) is 0 Å². The second-order valence-electron chi connectivity index (χ2n) is 4.49. The van der Waals surface area contributed by atoms with Gasteiger partial charge in [-0.3, -0.25) is 4.72 Å². The van der Waals surface area contributed by atoms with Crippen LogP contribution in [0.5, 0.6) is 0 Å². The van der Waals surface area contributed by atoms with Crippen molar-refractivity contribution in [3.63, 3.8) is 0 Å². The molecule has 0 fully saturated rings. The first-order chi connectivity index (χ1) is 11.3. The maximum atomic E-state index is 12.3. The Morgan fingerprint density at radius 1 is 0.792 bits per heavy atom. The maximum Gasteiger partial charge on any atom is 0.516 e. The molecule has 2 aromatic carbocycles. The van der Waals surface area contributed by atoms with Crippen LogP contribution in [0.15, 0.2) is 54.6 Å². The lowest BCUT2D eigenvalue weighted by Gasteiger charge is -2.10. The number of anilines is 1. The van der Waals surface area contributed by atoms with E-state index in [2.05, 4.69) is 23.7 Å². The number of hydrogen-bond acceptors (Lipinski definition) is 2. The van der Waals surface area contributed by atoms with Crippen LogP contribution in [0.1, 0.15) is 11.1 Å². The van der Waals surface area contributed by atoms with Crippen LogP contribution in [0.4, 0.5) is 18.9 Å². The molecular formula is C17H10F3NO2S. The molecule has 0 atom stereocenters. The first kappa shape index (κ1) is 17.5. The maximum absolute atomic E-state index is 12.3. The van der Waals surface area contributed by atoms with Crippen molar-refractivity contribution in [3.05, 3.63) is 65.7 Å². The van der Waals surface area contributed by atoms with Crippen LogP contribution >= 0.6 is 0 Å². The summed E-state index contributed by atoms with van der Waals surface area (Å²) < 4.78 is 60.2. The first-order valence-electron chi connectivity index (χ1n) is 6.54. The number of alkyl halides is 3. The van der Waals surface area contributed by atoms with Gasteiger partial charge in [-0.2, -0.15) is 21.6 Å². The number of halogens is 3. The normalized spacial score (nSPS) is 10.8. The first-order valence-corrected chi connectivity index (χ1v) is 8.02. The third-order valence-electron chi connectivity index (χ3n) is 2.69. The van der Waals surface area contributed by atoms with Gasteiger partial charge >= 0.3 is 15.5 Å². The fraction of sp³-hybridized carbons (Fsp3) is 0.0588. The van der Waals surface area contributed by atoms with E-state index in [1.165, 1.54) is 29.0 Å². The van der Waals surface area contributed by atoms with Crippen molar-refractivity contribution >= 4 is 15.7 Å². The summed E-state index contributed by atoms with van der Waals surface area (Å²) >= 11 is 0. The molecule has 0 saturated heterocycles. The number of sulfonamides is 1. The molecule has 0 aliphatic carbocycles. The SMILES string of the molecule is O=S(=O)(Nc1ccc(C#CC#Cc2ccccc2)cc1)C(F)(F)F. The van der Waals surface area contributed by atoms with Crippen LogP contribution in [0.2, 0.25) is 0 Å². The highest BCUT2D eigenvalue weighted by molar-refractivity contribution is 7.93. The molecule has 24 heavy (non-hydrogen) atoms. The fourth-order valence-corrected chi connectivity index (χ4v) is 2.13. The molecule has 2 rings (SSSR count). The predicted octanol–water partition coefficient (Wildman–Crippen LogP) is 3.35. The molecule has 0 radical (unpaired) electrons. The molecule has 0 unspecified atom stereocenters. The summed E-state index contributed by atoms with van der Waals surface area (Å²) in [5.74, 6) is 10.8. The lowest BCUT2D eigenvalue weighted by Crippen LogP contribution is -2.29. The van der Waals surface area contributed by atoms with Crippen molar-refractivity contribution < 1.29 is 21.6 Å². The molecular weight excluding hydrogens is 339 g/mol. The van der Waals surface area contributed by atoms with Gasteiger partial charge in [0.15, 0.2) is 0 Å². The highest BCUT2D eigenvalue weighted by Gasteiger charge is 2.45. The molecule has 0 aliphatic rings. The van der Waals surface area contributed by atoms with Gasteiger partial charge in [-0.15, -0.1) is 0 Å². The number of rotatable bonds is 2. The number of hydrogen-bond donors (Lipinski definition) is 1. The smallest absolute Gasteiger partial charge is 0.276 e. The Kier molecular flexibility index (Phi) is 5.18. The lowest BCUT2D eigenvalue weighted by molar-refractivity contribution is -0.0429. The average Bonchev–Trinajstić information content (AvgIpc) is 2.53. The van der Waals surface area contributed by atoms with Gasteiger partial charge in [-0.1, -0.05) is 30.0 Å². The molecule has 2 aromatic rings. The Balaban J connectivity index is 2.07. The summed E-state index contributed by atoms with van der Waals surface area (Å²) in [4.78, 5) is 0. The van der Waals surface area contributed by atoms with E-state index in [4.69, 9.17) is 0 Å². The van der Waals surface area contributed by atoms with Crippen molar-refractivity contribution in [1.29, 1.82) is 0 Å². The average molecular weight is 349 g/mol. The van der Waals surface area contributed by atoms with Gasteiger partial charge in [-0.25, -0.2) is 0 Å². The molecule has 0 aliphatic heterocycles. The van der Waals surface area contributed by atoms with E-state index < -0.39 is 15.5 Å². The highest BCUT2D eigenvalue weighted by Crippen LogP contribution is 2.25. The van der Waals surface area contributed by atoms with E-state index >= 15 is 0 Å². The van der Waals surface area contributed by atoms with E-state index in [-0.39, 0.29) is 5.69 Å². The minimum Gasteiger partial charge on any atom is -0.276 e. The van der Waals surface area contributed by atoms with Gasteiger partial charge in [0.25, 0.3) is 0 Å². The van der Waals surface area contributed by atoms with Crippen LogP contribution in [-0.4, -0.2) is 13.9 Å². The molecule has 0 saturated carbocycles. The van der Waals surface area contributed by atoms with Crippen molar-refractivity contribution in [2.45, 2.75) is 5.51 Å². The zero-order valence-electron chi connectivity index (χ0n) is 12.1. The molecule has 3 nitrogen and oxygen atoms in total. The third-order valence-corrected chi connectivity index (χ3v) is 3.81. The van der Waals surface area contributed by atoms with E-state index in [1.54, 1.807) is 0 Å². The van der Waals surface area contributed by atoms with E-state index in [0.29, 0.717) is 5.56 Å². The third kappa shape index (κ3) is 4.80. The Bertz CT molecular complexity index is 927. The van der Waals surface area contributed by atoms with Crippen LogP contribution in [-0.2, 0) is 10.0 Å². The standard InChI is InChI=1S/C17H10F3NO2S/c18-17(19,20)24(22,23)21-16-12-10-15(11-13-16)9-5-4-8-14-6-2-1-3-7-14/h1-3,6-7,10-13,21H. The monoisotopic (exact) mass is 349 g/mol. The van der Waals surface area contributed by atoms with Gasteiger partial charge in [0, 0.05) is 16.8 Å². The van der Waals surface area contributed by atoms with Gasteiger partial charge in [-0.05, 0) is 48.2 Å². The van der Waals surface area contributed by atoms with Gasteiger partial charge in [0.2, 0.25) is 0 Å². The van der Waals surface area contributed by atoms with Crippen LogP contribution in [0.3, 0.4) is 0 Å². The fourth-order valence-electron chi connectivity index (χ4n) is 1.56. The summed E-state index contributed by atoms with van der Waals surface area (Å²) in [7, 11) is -5.42. The van der Waals surface area contributed by atoms with Crippen molar-refractivity contribution in [3.8, 4) is 23.7 Å². The van der Waals surface area contributed by atoms with E-state index in [1.807, 2.05) is 30.3 Å². The molecule has 7 heteroatoms. The van der Waals surface area contributed by atoms with Crippen molar-refractivity contribution in [2.75, 3.05) is 4.72 Å². The second kappa shape index (κ2) is 7.12. The van der Waals surface area contributed by atoms with Crippen LogP contribution < -0.4 is 4.72 Å². The van der Waals surface area contributed by atoms with Crippen LogP contribution in [0.25, 0.3) is 0 Å². The Morgan fingerprint density at radius 2 is 1.29 bits per heavy atom.